The molecule has 12 nitrogen and oxygen atoms in total. The van der Waals surface area contributed by atoms with Gasteiger partial charge >= 0.3 is 0 Å². The minimum absolute atomic E-state index is 0.648. The van der Waals surface area contributed by atoms with Gasteiger partial charge in [-0.3, -0.25) is 13.7 Å². The third kappa shape index (κ3) is 15.2. The van der Waals surface area contributed by atoms with Crippen LogP contribution >= 0.6 is 0 Å². The van der Waals surface area contributed by atoms with E-state index in [0.717, 1.165) is 117 Å². The van der Waals surface area contributed by atoms with Gasteiger partial charge in [-0.25, -0.2) is 29.9 Å². The quantitative estimate of drug-likeness (QED) is 0.101. The van der Waals surface area contributed by atoms with E-state index in [1.807, 2.05) is 55.4 Å². The van der Waals surface area contributed by atoms with E-state index in [1.165, 1.54) is 131 Å². The molecule has 21 aromatic carbocycles. The third-order valence-corrected chi connectivity index (χ3v) is 29.5. The zero-order valence-corrected chi connectivity index (χ0v) is 81.3. The molecular weight excluding hydrogens is 1830 g/mol. The van der Waals surface area contributed by atoms with Gasteiger partial charge in [-0.15, -0.1) is 0 Å². The molecule has 150 heavy (non-hydrogen) atoms. The number of hydrogen-bond donors (Lipinski definition) is 0. The molecule has 12 heteroatoms. The summed E-state index contributed by atoms with van der Waals surface area (Å²) < 4.78 is 13.9. The van der Waals surface area contributed by atoms with Crippen molar-refractivity contribution in [3.63, 3.8) is 0 Å². The third-order valence-electron chi connectivity index (χ3n) is 29.5. The van der Waals surface area contributed by atoms with E-state index in [9.17, 15) is 0 Å². The van der Waals surface area contributed by atoms with Gasteiger partial charge in [0.2, 0.25) is 17.8 Å². The lowest BCUT2D eigenvalue weighted by atomic mass is 10.0. The summed E-state index contributed by atoms with van der Waals surface area (Å²) >= 11 is 0. The van der Waals surface area contributed by atoms with E-state index < -0.39 is 0 Å². The Hall–Kier alpha value is -20.3. The molecule has 0 saturated heterocycles. The van der Waals surface area contributed by atoms with Gasteiger partial charge in [-0.1, -0.05) is 406 Å². The number of rotatable bonds is 15. The molecule has 0 N–H and O–H groups in total. The zero-order valence-electron chi connectivity index (χ0n) is 81.3. The van der Waals surface area contributed by atoms with Gasteiger partial charge in [0.15, 0.2) is 0 Å². The fraction of sp³-hybridized carbons (Fsp3) is 0. The molecule has 30 rings (SSSR count). The van der Waals surface area contributed by atoms with Crippen LogP contribution in [0, 0.1) is 0 Å². The fourth-order valence-corrected chi connectivity index (χ4v) is 22.6. The predicted octanol–water partition coefficient (Wildman–Crippen LogP) is 35.0. The van der Waals surface area contributed by atoms with Crippen molar-refractivity contribution in [3.8, 4) is 135 Å². The summed E-state index contributed by atoms with van der Waals surface area (Å²) in [7, 11) is 0. The molecule has 9 heterocycles. The molecule has 0 aliphatic rings. The van der Waals surface area contributed by atoms with Crippen molar-refractivity contribution >= 4 is 131 Å². The van der Waals surface area contributed by atoms with Crippen molar-refractivity contribution in [2.45, 2.75) is 0 Å². The van der Waals surface area contributed by atoms with Gasteiger partial charge in [0.1, 0.15) is 0 Å². The highest BCUT2D eigenvalue weighted by molar-refractivity contribution is 6.29. The highest BCUT2D eigenvalue weighted by Gasteiger charge is 2.28. The summed E-state index contributed by atoms with van der Waals surface area (Å²) in [6, 6.07) is 181. The monoisotopic (exact) mass is 1910 g/mol. The SMILES string of the molecule is c1ccc(-c2ccc(-c3cnc(-n4c5ccccc5c5ccc6c(c7ccccc7n6-c6cccc(-c7ccccc7)c6)c54)nc3)cc2)cc1.c1ccc(-c2ccc(-n3c4ccccc4c4c3ccc3c5ccccc5n(-c5ncc(-c6cccc(-c7ccccc7)c6)cn5)c34)cc2)cc1.c1ccc(-c2cccc(-c3cnc(-n4c5ccccc5c5ccc6c(c7ccccc7n6-c6cccc(-c7ccccc7)c6)c54)nc3)c2)cc1. The first-order valence-electron chi connectivity index (χ1n) is 50.7. The molecule has 0 amide bonds. The van der Waals surface area contributed by atoms with Gasteiger partial charge in [0, 0.05) is 136 Å². The Morgan fingerprint density at radius 3 is 0.607 bits per heavy atom. The number of aromatic nitrogens is 12. The van der Waals surface area contributed by atoms with Gasteiger partial charge in [-0.05, 0) is 187 Å². The number of para-hydroxylation sites is 6. The number of fused-ring (bicyclic) bond motifs is 21. The highest BCUT2D eigenvalue weighted by Crippen LogP contribution is 2.48. The molecule has 0 bridgehead atoms. The van der Waals surface area contributed by atoms with Crippen LogP contribution in [0.5, 0.6) is 0 Å². The van der Waals surface area contributed by atoms with Crippen molar-refractivity contribution in [3.05, 3.63) is 547 Å². The van der Waals surface area contributed by atoms with Crippen molar-refractivity contribution in [1.82, 2.24) is 57.3 Å². The number of nitrogens with zero attached hydrogens (tertiary/aromatic N) is 12. The first-order valence-corrected chi connectivity index (χ1v) is 50.7. The van der Waals surface area contributed by atoms with Crippen LogP contribution in [-0.4, -0.2) is 57.3 Å². The number of benzene rings is 21. The molecule has 9 aromatic heterocycles. The first-order chi connectivity index (χ1) is 74.4. The van der Waals surface area contributed by atoms with Gasteiger partial charge in [0.25, 0.3) is 0 Å². The van der Waals surface area contributed by atoms with Crippen LogP contribution in [0.3, 0.4) is 0 Å². The van der Waals surface area contributed by atoms with Crippen LogP contribution < -0.4 is 0 Å². The minimum atomic E-state index is 0.648. The molecular formula is C138H90N12. The summed E-state index contributed by atoms with van der Waals surface area (Å²) in [4.78, 5) is 30.2. The highest BCUT2D eigenvalue weighted by atomic mass is 15.2. The fourth-order valence-electron chi connectivity index (χ4n) is 22.6. The Bertz CT molecular complexity index is 10400. The van der Waals surface area contributed by atoms with Crippen molar-refractivity contribution < 1.29 is 0 Å². The van der Waals surface area contributed by atoms with Crippen LogP contribution in [0.2, 0.25) is 0 Å². The second kappa shape index (κ2) is 37.1. The largest absolute Gasteiger partial charge is 0.309 e. The second-order valence-corrected chi connectivity index (χ2v) is 38.1. The summed E-state index contributed by atoms with van der Waals surface area (Å²) in [5.74, 6) is 1.95. The Morgan fingerprint density at radius 2 is 0.313 bits per heavy atom. The van der Waals surface area contributed by atoms with Gasteiger partial charge < -0.3 is 13.7 Å². The van der Waals surface area contributed by atoms with E-state index >= 15 is 0 Å². The summed E-state index contributed by atoms with van der Waals surface area (Å²) in [6.07, 6.45) is 11.7. The maximum absolute atomic E-state index is 5.04. The Labute approximate surface area is 863 Å². The molecule has 30 aromatic rings. The Kier molecular flexibility index (Phi) is 21.6. The molecule has 0 aliphatic heterocycles. The van der Waals surface area contributed by atoms with Crippen LogP contribution in [0.15, 0.2) is 547 Å². The maximum atomic E-state index is 5.04. The van der Waals surface area contributed by atoms with Crippen LogP contribution in [0.25, 0.3) is 266 Å². The lowest BCUT2D eigenvalue weighted by molar-refractivity contribution is 0.992. The maximum Gasteiger partial charge on any atom is 0.234 e. The topological polar surface area (TPSA) is 107 Å². The normalized spacial score (nSPS) is 11.6. The lowest BCUT2D eigenvalue weighted by Crippen LogP contribution is -2.01. The van der Waals surface area contributed by atoms with Crippen molar-refractivity contribution in [1.29, 1.82) is 0 Å². The molecule has 0 aliphatic carbocycles. The summed E-state index contributed by atoms with van der Waals surface area (Å²) in [5, 5.41) is 14.2. The smallest absolute Gasteiger partial charge is 0.234 e. The van der Waals surface area contributed by atoms with Crippen LogP contribution in [0.4, 0.5) is 0 Å². The van der Waals surface area contributed by atoms with E-state index in [-0.39, 0.29) is 0 Å². The van der Waals surface area contributed by atoms with Crippen molar-refractivity contribution in [2.75, 3.05) is 0 Å². The predicted molar refractivity (Wildman–Crippen MR) is 621 cm³/mol. The van der Waals surface area contributed by atoms with E-state index in [0.29, 0.717) is 17.8 Å². The summed E-state index contributed by atoms with van der Waals surface area (Å²) in [6.45, 7) is 0. The zero-order chi connectivity index (χ0) is 99.1. The molecule has 0 radical (unpaired) electrons. The molecule has 702 valence electrons. The molecule has 0 spiro atoms. The molecule has 0 atom stereocenters. The number of hydrogen-bond acceptors (Lipinski definition) is 6. The lowest BCUT2D eigenvalue weighted by Gasteiger charge is -2.11. The summed E-state index contributed by atoms with van der Waals surface area (Å²) in [5.41, 5.74) is 37.3. The first kappa shape index (κ1) is 87.5. The van der Waals surface area contributed by atoms with Crippen LogP contribution in [0.1, 0.15) is 0 Å². The van der Waals surface area contributed by atoms with Crippen LogP contribution in [-0.2, 0) is 0 Å². The Balaban J connectivity index is 0.000000108. The average molecular weight is 1920 g/mol. The standard InChI is InChI=1S/3C46H30N4/c1-3-13-31(14-4-1)33-17-11-18-34(27-33)36-29-47-46(48-30-36)50-41-23-9-7-21-38(41)39-25-26-43-44(45(39)50)40-22-8-10-24-42(40)49(43)37-20-12-19-35(28-37)32-15-5-2-6-16-32;1-3-12-31(13-4-1)33-22-24-34(25-23-33)36-29-47-46(48-30-36)50-41-20-9-7-18-38(41)39-26-27-43-44(45(39)50)40-19-8-10-21-42(40)49(43)37-17-11-16-35(28-37)32-14-5-2-6-15-32;1-3-12-31(13-4-1)33-22-24-37(25-23-33)49-42-21-10-8-19-40(42)44-43(49)27-26-39-38-18-7-9-20-41(38)50(45(39)44)46-47-29-36(30-48-46)35-17-11-16-34(28-35)32-14-5-2-6-15-32/h3*1-30H. The van der Waals surface area contributed by atoms with E-state index in [4.69, 9.17) is 29.9 Å². The average Bonchev–Trinajstić information content (AvgIpc) is 1.55. The molecule has 0 saturated carbocycles. The van der Waals surface area contributed by atoms with Gasteiger partial charge in [0.05, 0.1) is 66.2 Å². The van der Waals surface area contributed by atoms with E-state index in [2.05, 4.69) is 519 Å². The molecule has 0 fully saturated rings. The van der Waals surface area contributed by atoms with Crippen molar-refractivity contribution in [2.24, 2.45) is 0 Å². The van der Waals surface area contributed by atoms with E-state index in [1.54, 1.807) is 0 Å². The van der Waals surface area contributed by atoms with Gasteiger partial charge in [-0.2, -0.15) is 0 Å². The Morgan fingerprint density at radius 1 is 0.113 bits per heavy atom. The minimum Gasteiger partial charge on any atom is -0.309 e. The second-order valence-electron chi connectivity index (χ2n) is 38.1. The molecule has 0 unspecified atom stereocenters.